The Morgan fingerprint density at radius 2 is 2.32 bits per heavy atom. The second kappa shape index (κ2) is 6.02. The molecule has 1 unspecified atom stereocenters. The van der Waals surface area contributed by atoms with Crippen molar-refractivity contribution in [3.05, 3.63) is 24.0 Å². The lowest BCUT2D eigenvalue weighted by molar-refractivity contribution is -0.118. The van der Waals surface area contributed by atoms with Gasteiger partial charge in [-0.3, -0.25) is 9.69 Å². The van der Waals surface area contributed by atoms with Crippen molar-refractivity contribution in [1.82, 2.24) is 4.90 Å². The number of carbonyl (C=O) groups is 1. The van der Waals surface area contributed by atoms with E-state index in [1.807, 2.05) is 0 Å². The molecule has 1 aromatic rings. The van der Waals surface area contributed by atoms with Gasteiger partial charge in [0.2, 0.25) is 5.91 Å². The third-order valence-electron chi connectivity index (χ3n) is 3.58. The first-order valence-corrected chi connectivity index (χ1v) is 6.65. The fourth-order valence-electron chi connectivity index (χ4n) is 2.40. The lowest BCUT2D eigenvalue weighted by atomic mass is 10.0. The number of halogens is 1. The standard InChI is InChI=1S/C14H20FN3O/c1-10-4-2-3-7-18(10)9-14(19)17-13-8-11(15)5-6-12(13)16/h5-6,8,10H,2-4,7,9,16H2,1H3,(H,17,19). The van der Waals surface area contributed by atoms with E-state index >= 15 is 0 Å². The lowest BCUT2D eigenvalue weighted by Crippen LogP contribution is -2.42. The van der Waals surface area contributed by atoms with Crippen molar-refractivity contribution in [2.75, 3.05) is 24.1 Å². The maximum atomic E-state index is 13.1. The molecule has 19 heavy (non-hydrogen) atoms. The fraction of sp³-hybridized carbons (Fsp3) is 0.500. The summed E-state index contributed by atoms with van der Waals surface area (Å²) in [4.78, 5) is 14.1. The van der Waals surface area contributed by atoms with Crippen LogP contribution in [0.25, 0.3) is 0 Å². The third kappa shape index (κ3) is 3.67. The zero-order valence-electron chi connectivity index (χ0n) is 11.2. The van der Waals surface area contributed by atoms with Crippen LogP contribution in [0, 0.1) is 5.82 Å². The summed E-state index contributed by atoms with van der Waals surface area (Å²) in [7, 11) is 0. The van der Waals surface area contributed by atoms with Crippen LogP contribution in [0.15, 0.2) is 18.2 Å². The summed E-state index contributed by atoms with van der Waals surface area (Å²) in [6, 6.07) is 4.39. The molecule has 3 N–H and O–H groups in total. The Hall–Kier alpha value is -1.62. The van der Waals surface area contributed by atoms with Crippen molar-refractivity contribution in [2.45, 2.75) is 32.2 Å². The molecule has 1 fully saturated rings. The molecule has 1 saturated heterocycles. The Morgan fingerprint density at radius 3 is 3.05 bits per heavy atom. The number of likely N-dealkylation sites (tertiary alicyclic amines) is 1. The summed E-state index contributed by atoms with van der Waals surface area (Å²) in [5, 5.41) is 2.67. The average molecular weight is 265 g/mol. The Kier molecular flexibility index (Phi) is 4.37. The van der Waals surface area contributed by atoms with Gasteiger partial charge in [-0.1, -0.05) is 6.42 Å². The summed E-state index contributed by atoms with van der Waals surface area (Å²) in [5.74, 6) is -0.554. The van der Waals surface area contributed by atoms with E-state index in [0.717, 1.165) is 19.4 Å². The van der Waals surface area contributed by atoms with Crippen molar-refractivity contribution < 1.29 is 9.18 Å². The van der Waals surface area contributed by atoms with Gasteiger partial charge in [0.15, 0.2) is 0 Å². The second-order valence-corrected chi connectivity index (χ2v) is 5.10. The number of hydrogen-bond acceptors (Lipinski definition) is 3. The Labute approximate surface area is 112 Å². The number of piperidine rings is 1. The molecule has 0 aliphatic carbocycles. The van der Waals surface area contributed by atoms with E-state index in [-0.39, 0.29) is 5.91 Å². The Morgan fingerprint density at radius 1 is 1.53 bits per heavy atom. The van der Waals surface area contributed by atoms with Crippen molar-refractivity contribution in [2.24, 2.45) is 0 Å². The van der Waals surface area contributed by atoms with Crippen LogP contribution in [0.1, 0.15) is 26.2 Å². The molecule has 1 amide bonds. The highest BCUT2D eigenvalue weighted by atomic mass is 19.1. The normalized spacial score (nSPS) is 20.2. The monoisotopic (exact) mass is 265 g/mol. The highest BCUT2D eigenvalue weighted by Gasteiger charge is 2.20. The highest BCUT2D eigenvalue weighted by molar-refractivity contribution is 5.95. The van der Waals surface area contributed by atoms with E-state index in [1.165, 1.54) is 24.6 Å². The first-order valence-electron chi connectivity index (χ1n) is 6.65. The zero-order chi connectivity index (χ0) is 13.8. The van der Waals surface area contributed by atoms with E-state index in [4.69, 9.17) is 5.73 Å². The molecule has 0 spiro atoms. The van der Waals surface area contributed by atoms with E-state index in [9.17, 15) is 9.18 Å². The highest BCUT2D eigenvalue weighted by Crippen LogP contribution is 2.20. The van der Waals surface area contributed by atoms with Crippen LogP contribution < -0.4 is 11.1 Å². The van der Waals surface area contributed by atoms with Gasteiger partial charge in [0.05, 0.1) is 17.9 Å². The van der Waals surface area contributed by atoms with E-state index in [1.54, 1.807) is 0 Å². The molecule has 1 aliphatic rings. The topological polar surface area (TPSA) is 58.4 Å². The van der Waals surface area contributed by atoms with Crippen molar-refractivity contribution in [1.29, 1.82) is 0 Å². The van der Waals surface area contributed by atoms with Crippen LogP contribution in [0.5, 0.6) is 0 Å². The number of nitrogens with one attached hydrogen (secondary N) is 1. The molecule has 0 aromatic heterocycles. The van der Waals surface area contributed by atoms with E-state index in [0.29, 0.717) is 24.0 Å². The molecule has 0 bridgehead atoms. The fourth-order valence-corrected chi connectivity index (χ4v) is 2.40. The van der Waals surface area contributed by atoms with Gasteiger partial charge in [-0.15, -0.1) is 0 Å². The molecular formula is C14H20FN3O. The number of carbonyl (C=O) groups excluding carboxylic acids is 1. The van der Waals surface area contributed by atoms with Gasteiger partial charge in [0, 0.05) is 6.04 Å². The van der Waals surface area contributed by atoms with Crippen molar-refractivity contribution in [3.8, 4) is 0 Å². The summed E-state index contributed by atoms with van der Waals surface area (Å²) in [6.45, 7) is 3.40. The first kappa shape index (κ1) is 13.8. The Balaban J connectivity index is 1.95. The van der Waals surface area contributed by atoms with Gasteiger partial charge in [0.25, 0.3) is 0 Å². The molecule has 1 heterocycles. The molecule has 1 aromatic carbocycles. The minimum Gasteiger partial charge on any atom is -0.397 e. The summed E-state index contributed by atoms with van der Waals surface area (Å²) >= 11 is 0. The number of hydrogen-bond donors (Lipinski definition) is 2. The Bertz CT molecular complexity index is 464. The smallest absolute Gasteiger partial charge is 0.238 e. The minimum atomic E-state index is -0.407. The third-order valence-corrected chi connectivity index (χ3v) is 3.58. The van der Waals surface area contributed by atoms with E-state index < -0.39 is 5.82 Å². The molecule has 5 heteroatoms. The molecular weight excluding hydrogens is 245 g/mol. The minimum absolute atomic E-state index is 0.147. The molecule has 2 rings (SSSR count). The number of benzene rings is 1. The SMILES string of the molecule is CC1CCCCN1CC(=O)Nc1cc(F)ccc1N. The number of nitrogens with two attached hydrogens (primary N) is 1. The number of amides is 1. The second-order valence-electron chi connectivity index (χ2n) is 5.10. The molecule has 1 aliphatic heterocycles. The summed E-state index contributed by atoms with van der Waals surface area (Å²) in [6.07, 6.45) is 3.46. The van der Waals surface area contributed by atoms with Crippen LogP contribution in [0.3, 0.4) is 0 Å². The van der Waals surface area contributed by atoms with Crippen LogP contribution in [0.2, 0.25) is 0 Å². The molecule has 104 valence electrons. The number of nitrogens with zero attached hydrogens (tertiary/aromatic N) is 1. The predicted molar refractivity (Wildman–Crippen MR) is 74.3 cm³/mol. The summed E-state index contributed by atoms with van der Waals surface area (Å²) in [5.41, 5.74) is 6.42. The van der Waals surface area contributed by atoms with Crippen molar-refractivity contribution >= 4 is 17.3 Å². The van der Waals surface area contributed by atoms with Gasteiger partial charge in [-0.25, -0.2) is 4.39 Å². The summed E-state index contributed by atoms with van der Waals surface area (Å²) < 4.78 is 13.1. The molecule has 1 atom stereocenters. The van der Waals surface area contributed by atoms with Crippen LogP contribution in [0.4, 0.5) is 15.8 Å². The quantitative estimate of drug-likeness (QED) is 0.824. The molecule has 0 radical (unpaired) electrons. The lowest BCUT2D eigenvalue weighted by Gasteiger charge is -2.32. The zero-order valence-corrected chi connectivity index (χ0v) is 11.2. The van der Waals surface area contributed by atoms with Gasteiger partial charge in [-0.05, 0) is 44.5 Å². The van der Waals surface area contributed by atoms with E-state index in [2.05, 4.69) is 17.1 Å². The van der Waals surface area contributed by atoms with Crippen LogP contribution >= 0.6 is 0 Å². The van der Waals surface area contributed by atoms with Crippen LogP contribution in [-0.2, 0) is 4.79 Å². The maximum Gasteiger partial charge on any atom is 0.238 e. The average Bonchev–Trinajstić information content (AvgIpc) is 2.37. The maximum absolute atomic E-state index is 13.1. The molecule has 0 saturated carbocycles. The van der Waals surface area contributed by atoms with Gasteiger partial charge < -0.3 is 11.1 Å². The molecule has 4 nitrogen and oxygen atoms in total. The van der Waals surface area contributed by atoms with Crippen molar-refractivity contribution in [3.63, 3.8) is 0 Å². The van der Waals surface area contributed by atoms with Gasteiger partial charge in [0.1, 0.15) is 5.82 Å². The predicted octanol–water partition coefficient (Wildman–Crippen LogP) is 2.22. The first-order chi connectivity index (χ1) is 9.06. The van der Waals surface area contributed by atoms with Crippen LogP contribution in [-0.4, -0.2) is 29.9 Å². The number of anilines is 2. The number of nitrogen functional groups attached to an aromatic ring is 1. The van der Waals surface area contributed by atoms with Gasteiger partial charge in [-0.2, -0.15) is 0 Å². The largest absolute Gasteiger partial charge is 0.397 e. The number of rotatable bonds is 3. The van der Waals surface area contributed by atoms with Gasteiger partial charge >= 0.3 is 0 Å².